The molecule has 0 aliphatic carbocycles. The van der Waals surface area contributed by atoms with Gasteiger partial charge in [0.2, 0.25) is 0 Å². The van der Waals surface area contributed by atoms with E-state index in [0.29, 0.717) is 11.8 Å². The maximum Gasteiger partial charge on any atom is 0.0549 e. The highest BCUT2D eigenvalue weighted by Gasteiger charge is 2.53. The number of hydrogen-bond donors (Lipinski definition) is 0. The van der Waals surface area contributed by atoms with Gasteiger partial charge in [-0.05, 0) is 12.8 Å². The molecule has 8 fully saturated rings. The van der Waals surface area contributed by atoms with Gasteiger partial charge in [0.15, 0.2) is 0 Å². The maximum absolute atomic E-state index is 5.33. The molecule has 0 aromatic heterocycles. The largest absolute Gasteiger partial charge is 0.300 e. The molecule has 8 bridgehead atoms. The van der Waals surface area contributed by atoms with Crippen molar-refractivity contribution in [2.45, 2.75) is 52.4 Å². The van der Waals surface area contributed by atoms with Crippen molar-refractivity contribution in [3.8, 4) is 0 Å². The van der Waals surface area contributed by atoms with E-state index in [-0.39, 0.29) is 10.8 Å². The normalized spacial score (nSPS) is 49.2. The zero-order chi connectivity index (χ0) is 21.8. The van der Waals surface area contributed by atoms with Crippen molar-refractivity contribution in [2.75, 3.05) is 78.5 Å². The Labute approximate surface area is 195 Å². The van der Waals surface area contributed by atoms with Crippen molar-refractivity contribution in [1.82, 2.24) is 19.6 Å². The van der Waals surface area contributed by atoms with Crippen LogP contribution in [0.4, 0.5) is 0 Å². The van der Waals surface area contributed by atoms with Gasteiger partial charge in [-0.3, -0.25) is 0 Å². The second-order valence-corrected chi connectivity index (χ2v) is 12.1. The van der Waals surface area contributed by atoms with Gasteiger partial charge in [0.1, 0.15) is 0 Å². The highest BCUT2D eigenvalue weighted by atomic mass is 15.3. The summed E-state index contributed by atoms with van der Waals surface area (Å²) in [7, 11) is 0. The lowest BCUT2D eigenvalue weighted by Gasteiger charge is -2.51. The molecule has 6 heteroatoms. The molecule has 8 saturated heterocycles. The summed E-state index contributed by atoms with van der Waals surface area (Å²) in [5.41, 5.74) is 3.49. The third-order valence-corrected chi connectivity index (χ3v) is 9.63. The molecular formula is C26H44N6. The predicted molar refractivity (Wildman–Crippen MR) is 132 cm³/mol. The van der Waals surface area contributed by atoms with Crippen LogP contribution in [0.1, 0.15) is 52.4 Å². The van der Waals surface area contributed by atoms with E-state index in [0.717, 1.165) is 0 Å². The van der Waals surface area contributed by atoms with Gasteiger partial charge in [-0.2, -0.15) is 10.2 Å². The highest BCUT2D eigenvalue weighted by molar-refractivity contribution is 5.98. The minimum Gasteiger partial charge on any atom is -0.300 e. The molecule has 8 aliphatic rings. The molecule has 8 aliphatic heterocycles. The Morgan fingerprint density at radius 2 is 0.969 bits per heavy atom. The molecule has 0 saturated carbocycles. The summed E-state index contributed by atoms with van der Waals surface area (Å²) in [4.78, 5) is 11.0. The third kappa shape index (κ3) is 3.60. The summed E-state index contributed by atoms with van der Waals surface area (Å²) < 4.78 is 0. The number of fused-ring (bicyclic) bond motifs is 2. The predicted octanol–water partition coefficient (Wildman–Crippen LogP) is 2.66. The lowest BCUT2D eigenvalue weighted by atomic mass is 9.67. The molecule has 0 amide bonds. The van der Waals surface area contributed by atoms with E-state index in [1.54, 1.807) is 0 Å². The summed E-state index contributed by atoms with van der Waals surface area (Å²) in [6, 6.07) is 0. The van der Waals surface area contributed by atoms with Gasteiger partial charge >= 0.3 is 0 Å². The van der Waals surface area contributed by atoms with Crippen LogP contribution in [0.25, 0.3) is 0 Å². The van der Waals surface area contributed by atoms with E-state index in [9.17, 15) is 0 Å². The van der Waals surface area contributed by atoms with Gasteiger partial charge in [0.05, 0.1) is 11.4 Å². The first kappa shape index (κ1) is 21.7. The maximum atomic E-state index is 5.33. The third-order valence-electron chi connectivity index (χ3n) is 9.63. The monoisotopic (exact) mass is 440 g/mol. The second kappa shape index (κ2) is 8.44. The van der Waals surface area contributed by atoms with Crippen molar-refractivity contribution in [1.29, 1.82) is 0 Å². The highest BCUT2D eigenvalue weighted by Crippen LogP contribution is 2.44. The van der Waals surface area contributed by atoms with Crippen LogP contribution in [-0.4, -0.2) is 110 Å². The summed E-state index contributed by atoms with van der Waals surface area (Å²) in [5, 5.41) is 10.7. The average Bonchev–Trinajstić information content (AvgIpc) is 3.16. The van der Waals surface area contributed by atoms with E-state index < -0.39 is 0 Å². The zero-order valence-electron chi connectivity index (χ0n) is 20.6. The minimum atomic E-state index is 0.254. The van der Waals surface area contributed by atoms with Crippen LogP contribution in [0.2, 0.25) is 0 Å². The average molecular weight is 441 g/mol. The lowest BCUT2D eigenvalue weighted by molar-refractivity contribution is 0.106. The minimum absolute atomic E-state index is 0.254. The Morgan fingerprint density at radius 3 is 1.28 bits per heavy atom. The molecule has 0 N–H and O–H groups in total. The molecular weight excluding hydrogens is 396 g/mol. The number of unbranched alkanes of at least 4 members (excludes halogenated alkanes) is 2. The molecule has 32 heavy (non-hydrogen) atoms. The summed E-state index contributed by atoms with van der Waals surface area (Å²) in [5.74, 6) is 1.19. The van der Waals surface area contributed by atoms with E-state index in [1.165, 1.54) is 128 Å². The number of nitrogens with zero attached hydrogens (tertiary/aromatic N) is 6. The van der Waals surface area contributed by atoms with Crippen LogP contribution in [0.5, 0.6) is 0 Å². The molecule has 6 nitrogen and oxygen atoms in total. The van der Waals surface area contributed by atoms with Crippen molar-refractivity contribution >= 4 is 11.4 Å². The van der Waals surface area contributed by atoms with Crippen LogP contribution < -0.4 is 0 Å². The topological polar surface area (TPSA) is 37.7 Å². The molecule has 0 aromatic carbocycles. The molecule has 8 rings (SSSR count). The fraction of sp³-hybridized carbons (Fsp3) is 0.923. The first-order chi connectivity index (χ1) is 15.6. The van der Waals surface area contributed by atoms with Gasteiger partial charge in [0.25, 0.3) is 0 Å². The quantitative estimate of drug-likeness (QED) is 0.571. The molecule has 4 unspecified atom stereocenters. The van der Waals surface area contributed by atoms with Crippen molar-refractivity contribution in [3.63, 3.8) is 0 Å². The number of piperidine rings is 4. The van der Waals surface area contributed by atoms with Gasteiger partial charge in [-0.25, -0.2) is 0 Å². The van der Waals surface area contributed by atoms with E-state index in [2.05, 4.69) is 33.4 Å². The fourth-order valence-corrected chi connectivity index (χ4v) is 8.30. The molecule has 8 heterocycles. The second-order valence-electron chi connectivity index (χ2n) is 12.1. The van der Waals surface area contributed by atoms with Crippen molar-refractivity contribution in [2.24, 2.45) is 32.9 Å². The van der Waals surface area contributed by atoms with Crippen molar-refractivity contribution in [3.05, 3.63) is 0 Å². The van der Waals surface area contributed by atoms with Gasteiger partial charge in [-0.1, -0.05) is 39.5 Å². The zero-order valence-corrected chi connectivity index (χ0v) is 20.6. The Hall–Kier alpha value is -0.820. The molecule has 4 atom stereocenters. The van der Waals surface area contributed by atoms with Gasteiger partial charge in [0, 0.05) is 101 Å². The molecule has 0 aromatic rings. The Bertz CT molecular complexity index is 678. The number of hydrogen-bond acceptors (Lipinski definition) is 6. The smallest absolute Gasteiger partial charge is 0.0549 e. The standard InChI is InChI=1S/C26H44N6/c1-3-5-7-25-17-29-9-10-30(18-25)14-21(13-29)23(25)27-28-24-22-15-31-11-12-32(16-22)20-26(24,19-31)8-6-4-2/h21-22H,3-20H2,1-2H3/b27-23-,28-24-. The Kier molecular flexibility index (Phi) is 5.72. The fourth-order valence-electron chi connectivity index (χ4n) is 8.30. The Balaban J connectivity index is 1.37. The van der Waals surface area contributed by atoms with E-state index in [1.807, 2.05) is 0 Å². The SMILES string of the molecule is CCCCC12CN3CCN(CC(C3)/C1=N/N=C1/C3CN4CCN(C3)CC1(CCCC)C4)C2. The first-order valence-electron chi connectivity index (χ1n) is 13.7. The lowest BCUT2D eigenvalue weighted by Crippen LogP contribution is -2.62. The number of rotatable bonds is 7. The van der Waals surface area contributed by atoms with Crippen LogP contribution in [0.15, 0.2) is 10.2 Å². The van der Waals surface area contributed by atoms with Gasteiger partial charge < -0.3 is 19.6 Å². The van der Waals surface area contributed by atoms with E-state index >= 15 is 0 Å². The molecule has 178 valence electrons. The van der Waals surface area contributed by atoms with Crippen LogP contribution >= 0.6 is 0 Å². The first-order valence-corrected chi connectivity index (χ1v) is 13.7. The Morgan fingerprint density at radius 1 is 0.625 bits per heavy atom. The van der Waals surface area contributed by atoms with Crippen molar-refractivity contribution < 1.29 is 0 Å². The summed E-state index contributed by atoms with van der Waals surface area (Å²) in [6.45, 7) is 19.4. The van der Waals surface area contributed by atoms with Crippen LogP contribution in [0.3, 0.4) is 0 Å². The van der Waals surface area contributed by atoms with E-state index in [4.69, 9.17) is 10.2 Å². The summed E-state index contributed by atoms with van der Waals surface area (Å²) >= 11 is 0. The van der Waals surface area contributed by atoms with Crippen LogP contribution in [-0.2, 0) is 0 Å². The van der Waals surface area contributed by atoms with Gasteiger partial charge in [-0.15, -0.1) is 0 Å². The summed E-state index contributed by atoms with van der Waals surface area (Å²) in [6.07, 6.45) is 7.78. The molecule has 0 radical (unpaired) electrons. The molecule has 0 spiro atoms. The van der Waals surface area contributed by atoms with Crippen LogP contribution in [0, 0.1) is 22.7 Å².